The zero-order chi connectivity index (χ0) is 19.5. The molecule has 1 unspecified atom stereocenters. The first kappa shape index (κ1) is 18.4. The molecule has 0 radical (unpaired) electrons. The largest absolute Gasteiger partial charge is 0.333 e. The summed E-state index contributed by atoms with van der Waals surface area (Å²) in [6.45, 7) is 0.784. The molecule has 2 aromatic heterocycles. The Kier molecular flexibility index (Phi) is 5.25. The van der Waals surface area contributed by atoms with E-state index in [1.807, 2.05) is 47.8 Å². The fourth-order valence-corrected chi connectivity index (χ4v) is 4.54. The minimum atomic E-state index is -0.462. The van der Waals surface area contributed by atoms with Gasteiger partial charge >= 0.3 is 5.69 Å². The summed E-state index contributed by atoms with van der Waals surface area (Å²) in [5.74, 6) is -0.187. The Morgan fingerprint density at radius 2 is 1.89 bits per heavy atom. The number of carbonyl (C=O) groups is 1. The van der Waals surface area contributed by atoms with Crippen LogP contribution in [-0.4, -0.2) is 26.5 Å². The Morgan fingerprint density at radius 1 is 1.07 bits per heavy atom. The summed E-state index contributed by atoms with van der Waals surface area (Å²) in [5, 5.41) is 2.00. The lowest BCUT2D eigenvalue weighted by molar-refractivity contribution is -0.132. The summed E-state index contributed by atoms with van der Waals surface area (Å²) in [4.78, 5) is 41.0. The van der Waals surface area contributed by atoms with Crippen molar-refractivity contribution < 1.29 is 4.79 Å². The van der Waals surface area contributed by atoms with Gasteiger partial charge in [0.25, 0.3) is 5.56 Å². The van der Waals surface area contributed by atoms with Crippen LogP contribution in [0.2, 0.25) is 0 Å². The van der Waals surface area contributed by atoms with Crippen LogP contribution in [0.15, 0.2) is 69.7 Å². The van der Waals surface area contributed by atoms with Crippen molar-refractivity contribution in [2.24, 2.45) is 0 Å². The van der Waals surface area contributed by atoms with Gasteiger partial charge in [-0.15, -0.1) is 11.3 Å². The summed E-state index contributed by atoms with van der Waals surface area (Å²) in [5.41, 5.74) is 0.0459. The first-order chi connectivity index (χ1) is 13.6. The average molecular weight is 395 g/mol. The standard InChI is InChI=1S/C21H21N3O3S/c25-19-10-12-22(14-16-6-2-1-3-7-16)21(27)24(19)15-20(26)23-11-4-8-17(23)18-9-5-13-28-18/h1-3,5-7,9-10,12-13,17H,4,8,11,14-15H2. The van der Waals surface area contributed by atoms with E-state index in [4.69, 9.17) is 0 Å². The molecule has 0 bridgehead atoms. The van der Waals surface area contributed by atoms with Gasteiger partial charge in [-0.3, -0.25) is 18.7 Å². The third kappa shape index (κ3) is 3.71. The number of likely N-dealkylation sites (tertiary alicyclic amines) is 1. The van der Waals surface area contributed by atoms with E-state index in [0.717, 1.165) is 27.8 Å². The number of benzene rings is 1. The SMILES string of the molecule is O=C(Cn1c(=O)ccn(Cc2ccccc2)c1=O)N1CCCC1c1cccs1. The fraction of sp³-hybridized carbons (Fsp3) is 0.286. The summed E-state index contributed by atoms with van der Waals surface area (Å²) in [7, 11) is 0. The highest BCUT2D eigenvalue weighted by atomic mass is 32.1. The Hall–Kier alpha value is -2.93. The van der Waals surface area contributed by atoms with E-state index in [2.05, 4.69) is 0 Å². The molecule has 4 rings (SSSR count). The van der Waals surface area contributed by atoms with Crippen LogP contribution >= 0.6 is 11.3 Å². The number of aromatic nitrogens is 2. The first-order valence-corrected chi connectivity index (χ1v) is 10.2. The molecule has 1 saturated heterocycles. The van der Waals surface area contributed by atoms with Crippen LogP contribution in [0.4, 0.5) is 0 Å². The van der Waals surface area contributed by atoms with Gasteiger partial charge in [0.15, 0.2) is 0 Å². The van der Waals surface area contributed by atoms with E-state index < -0.39 is 11.2 Å². The molecule has 1 aromatic carbocycles. The number of thiophene rings is 1. The second-order valence-corrected chi connectivity index (χ2v) is 7.88. The van der Waals surface area contributed by atoms with Gasteiger partial charge in [-0.1, -0.05) is 36.4 Å². The Labute approximate surface area is 166 Å². The molecule has 0 aliphatic carbocycles. The van der Waals surface area contributed by atoms with E-state index in [1.54, 1.807) is 16.2 Å². The van der Waals surface area contributed by atoms with Crippen LogP contribution < -0.4 is 11.2 Å². The van der Waals surface area contributed by atoms with Crippen molar-refractivity contribution in [3.05, 3.63) is 91.4 Å². The molecule has 1 fully saturated rings. The lowest BCUT2D eigenvalue weighted by Gasteiger charge is -2.24. The molecule has 0 N–H and O–H groups in total. The number of carbonyl (C=O) groups excluding carboxylic acids is 1. The van der Waals surface area contributed by atoms with Crippen molar-refractivity contribution in [3.8, 4) is 0 Å². The van der Waals surface area contributed by atoms with Crippen molar-refractivity contribution in [1.82, 2.24) is 14.0 Å². The molecule has 0 spiro atoms. The number of hydrogen-bond acceptors (Lipinski definition) is 4. The zero-order valence-corrected chi connectivity index (χ0v) is 16.2. The first-order valence-electron chi connectivity index (χ1n) is 9.30. The molecule has 144 valence electrons. The van der Waals surface area contributed by atoms with Crippen molar-refractivity contribution in [1.29, 1.82) is 0 Å². The highest BCUT2D eigenvalue weighted by Gasteiger charge is 2.31. The van der Waals surface area contributed by atoms with Crippen molar-refractivity contribution in [2.45, 2.75) is 32.0 Å². The van der Waals surface area contributed by atoms with Crippen LogP contribution in [0.3, 0.4) is 0 Å². The van der Waals surface area contributed by atoms with Crippen LogP contribution in [0.5, 0.6) is 0 Å². The number of hydrogen-bond donors (Lipinski definition) is 0. The van der Waals surface area contributed by atoms with Crippen molar-refractivity contribution in [3.63, 3.8) is 0 Å². The van der Waals surface area contributed by atoms with Gasteiger partial charge in [0, 0.05) is 23.7 Å². The molecule has 28 heavy (non-hydrogen) atoms. The molecule has 1 aliphatic heterocycles. The monoisotopic (exact) mass is 395 g/mol. The molecule has 3 heterocycles. The van der Waals surface area contributed by atoms with Crippen LogP contribution in [-0.2, 0) is 17.9 Å². The predicted octanol–water partition coefficient (Wildman–Crippen LogP) is 2.48. The van der Waals surface area contributed by atoms with Gasteiger partial charge in [-0.05, 0) is 29.9 Å². The molecular weight excluding hydrogens is 374 g/mol. The van der Waals surface area contributed by atoms with E-state index in [9.17, 15) is 14.4 Å². The summed E-state index contributed by atoms with van der Waals surface area (Å²) in [6, 6.07) is 14.9. The van der Waals surface area contributed by atoms with Crippen LogP contribution in [0, 0.1) is 0 Å². The normalized spacial score (nSPS) is 16.4. The maximum absolute atomic E-state index is 12.9. The zero-order valence-electron chi connectivity index (χ0n) is 15.4. The maximum Gasteiger partial charge on any atom is 0.331 e. The lowest BCUT2D eigenvalue weighted by Crippen LogP contribution is -2.44. The molecule has 3 aromatic rings. The summed E-state index contributed by atoms with van der Waals surface area (Å²) >= 11 is 1.63. The van der Waals surface area contributed by atoms with E-state index >= 15 is 0 Å². The lowest BCUT2D eigenvalue weighted by atomic mass is 10.2. The smallest absolute Gasteiger partial charge is 0.331 e. The van der Waals surface area contributed by atoms with E-state index in [0.29, 0.717) is 13.1 Å². The molecular formula is C21H21N3O3S. The molecule has 1 amide bonds. The molecule has 1 aliphatic rings. The fourth-order valence-electron chi connectivity index (χ4n) is 3.67. The van der Waals surface area contributed by atoms with Crippen molar-refractivity contribution >= 4 is 17.2 Å². The Bertz CT molecular complexity index is 1070. The molecule has 7 heteroatoms. The van der Waals surface area contributed by atoms with Crippen LogP contribution in [0.1, 0.15) is 29.3 Å². The van der Waals surface area contributed by atoms with Gasteiger partial charge < -0.3 is 4.90 Å². The topological polar surface area (TPSA) is 64.3 Å². The summed E-state index contributed by atoms with van der Waals surface area (Å²) < 4.78 is 2.50. The van der Waals surface area contributed by atoms with Gasteiger partial charge in [0.2, 0.25) is 5.91 Å². The van der Waals surface area contributed by atoms with Gasteiger partial charge in [0.1, 0.15) is 6.54 Å². The second-order valence-electron chi connectivity index (χ2n) is 6.90. The van der Waals surface area contributed by atoms with Gasteiger partial charge in [0.05, 0.1) is 12.6 Å². The van der Waals surface area contributed by atoms with Crippen molar-refractivity contribution in [2.75, 3.05) is 6.54 Å². The highest BCUT2D eigenvalue weighted by Crippen LogP contribution is 2.34. The third-order valence-corrected chi connectivity index (χ3v) is 6.05. The predicted molar refractivity (Wildman–Crippen MR) is 109 cm³/mol. The van der Waals surface area contributed by atoms with Crippen LogP contribution in [0.25, 0.3) is 0 Å². The third-order valence-electron chi connectivity index (χ3n) is 5.07. The number of rotatable bonds is 5. The number of nitrogens with zero attached hydrogens (tertiary/aromatic N) is 3. The summed E-state index contributed by atoms with van der Waals surface area (Å²) in [6.07, 6.45) is 3.33. The minimum Gasteiger partial charge on any atom is -0.333 e. The minimum absolute atomic E-state index is 0.0402. The molecule has 6 nitrogen and oxygen atoms in total. The Morgan fingerprint density at radius 3 is 2.64 bits per heavy atom. The molecule has 0 saturated carbocycles. The van der Waals surface area contributed by atoms with Gasteiger partial charge in [-0.2, -0.15) is 0 Å². The maximum atomic E-state index is 12.9. The Balaban J connectivity index is 1.57. The quantitative estimate of drug-likeness (QED) is 0.667. The van der Waals surface area contributed by atoms with E-state index in [-0.39, 0.29) is 18.5 Å². The average Bonchev–Trinajstić information content (AvgIpc) is 3.39. The highest BCUT2D eigenvalue weighted by molar-refractivity contribution is 7.10. The van der Waals surface area contributed by atoms with Gasteiger partial charge in [-0.25, -0.2) is 4.79 Å². The second kappa shape index (κ2) is 7.98. The van der Waals surface area contributed by atoms with E-state index in [1.165, 1.54) is 16.8 Å². The molecule has 1 atom stereocenters. The number of amides is 1.